The van der Waals surface area contributed by atoms with Gasteiger partial charge in [0.1, 0.15) is 5.82 Å². The van der Waals surface area contributed by atoms with E-state index in [1.54, 1.807) is 36.4 Å². The molecule has 6 nitrogen and oxygen atoms in total. The van der Waals surface area contributed by atoms with Crippen molar-refractivity contribution in [3.8, 4) is 0 Å². The average Bonchev–Trinajstić information content (AvgIpc) is 3.01. The van der Waals surface area contributed by atoms with E-state index in [0.29, 0.717) is 10.6 Å². The van der Waals surface area contributed by atoms with Gasteiger partial charge in [-0.2, -0.15) is 0 Å². The molecule has 0 radical (unpaired) electrons. The summed E-state index contributed by atoms with van der Waals surface area (Å²) in [7, 11) is 0. The van der Waals surface area contributed by atoms with Crippen molar-refractivity contribution in [3.63, 3.8) is 0 Å². The molecule has 3 aromatic carbocycles. The molecule has 0 fully saturated rings. The molecule has 32 heavy (non-hydrogen) atoms. The van der Waals surface area contributed by atoms with Crippen molar-refractivity contribution in [1.29, 1.82) is 0 Å². The van der Waals surface area contributed by atoms with Crippen molar-refractivity contribution in [1.82, 2.24) is 4.90 Å². The zero-order chi connectivity index (χ0) is 23.0. The van der Waals surface area contributed by atoms with Gasteiger partial charge in [0.15, 0.2) is 0 Å². The van der Waals surface area contributed by atoms with E-state index in [2.05, 4.69) is 0 Å². The molecule has 0 aliphatic carbocycles. The third-order valence-corrected chi connectivity index (χ3v) is 6.33. The minimum absolute atomic E-state index is 0.0393. The second kappa shape index (κ2) is 8.50. The van der Waals surface area contributed by atoms with Crippen LogP contribution in [-0.4, -0.2) is 27.4 Å². The normalized spacial score (nSPS) is 17.5. The van der Waals surface area contributed by atoms with Gasteiger partial charge in [0, 0.05) is 41.2 Å². The van der Waals surface area contributed by atoms with E-state index < -0.39 is 28.8 Å². The van der Waals surface area contributed by atoms with E-state index >= 15 is 0 Å². The molecule has 164 valence electrons. The smallest absolute Gasteiger partial charge is 0.269 e. The van der Waals surface area contributed by atoms with E-state index in [0.717, 1.165) is 11.6 Å². The highest BCUT2D eigenvalue weighted by Crippen LogP contribution is 2.46. The van der Waals surface area contributed by atoms with E-state index in [1.165, 1.54) is 23.1 Å². The standard InChI is InChI=1S/C23H17Cl2FN2O4/c24-16-5-1-14(2-6-16)11-23(13-29)20-18(9-10-19(26)21(20)25)22(30)27(23)12-15-3-7-17(8-4-15)28(31)32/h1-10,29H,11-13H2. The third kappa shape index (κ3) is 3.72. The molecule has 4 rings (SSSR count). The predicted octanol–water partition coefficient (Wildman–Crippen LogP) is 5.13. The second-order valence-electron chi connectivity index (χ2n) is 7.59. The summed E-state index contributed by atoms with van der Waals surface area (Å²) in [6.07, 6.45) is 0.162. The predicted molar refractivity (Wildman–Crippen MR) is 118 cm³/mol. The van der Waals surface area contributed by atoms with Crippen molar-refractivity contribution in [2.24, 2.45) is 0 Å². The van der Waals surface area contributed by atoms with Crippen molar-refractivity contribution >= 4 is 34.8 Å². The number of nitro benzene ring substituents is 1. The zero-order valence-corrected chi connectivity index (χ0v) is 18.1. The number of non-ortho nitro benzene ring substituents is 1. The fourth-order valence-electron chi connectivity index (χ4n) is 4.13. The average molecular weight is 475 g/mol. The van der Waals surface area contributed by atoms with Crippen LogP contribution in [0.4, 0.5) is 10.1 Å². The van der Waals surface area contributed by atoms with Crippen LogP contribution in [0, 0.1) is 15.9 Å². The molecule has 0 saturated heterocycles. The van der Waals surface area contributed by atoms with Crippen LogP contribution in [0.2, 0.25) is 10.0 Å². The first-order valence-electron chi connectivity index (χ1n) is 9.66. The molecule has 0 aromatic heterocycles. The number of hydrogen-bond acceptors (Lipinski definition) is 4. The van der Waals surface area contributed by atoms with Crippen LogP contribution in [0.3, 0.4) is 0 Å². The Morgan fingerprint density at radius 3 is 2.22 bits per heavy atom. The van der Waals surface area contributed by atoms with Crippen LogP contribution in [-0.2, 0) is 18.5 Å². The Labute approximate surface area is 193 Å². The highest BCUT2D eigenvalue weighted by molar-refractivity contribution is 6.32. The molecule has 1 unspecified atom stereocenters. The molecule has 1 atom stereocenters. The number of nitro groups is 1. The second-order valence-corrected chi connectivity index (χ2v) is 8.41. The SMILES string of the molecule is O=C1c2ccc(F)c(Cl)c2C(CO)(Cc2ccc(Cl)cc2)N1Cc1ccc([N+](=O)[O-])cc1. The minimum atomic E-state index is -1.33. The number of aliphatic hydroxyl groups is 1. The summed E-state index contributed by atoms with van der Waals surface area (Å²) >= 11 is 12.3. The highest BCUT2D eigenvalue weighted by atomic mass is 35.5. The molecule has 1 amide bonds. The van der Waals surface area contributed by atoms with Gasteiger partial charge >= 0.3 is 0 Å². The number of carbonyl (C=O) groups is 1. The summed E-state index contributed by atoms with van der Waals surface area (Å²) in [6.45, 7) is -0.470. The molecule has 9 heteroatoms. The first-order valence-corrected chi connectivity index (χ1v) is 10.4. The number of aliphatic hydroxyl groups excluding tert-OH is 1. The Kier molecular flexibility index (Phi) is 5.90. The number of benzene rings is 3. The lowest BCUT2D eigenvalue weighted by Gasteiger charge is -2.38. The van der Waals surface area contributed by atoms with Gasteiger partial charge in [0.2, 0.25) is 0 Å². The van der Waals surface area contributed by atoms with Crippen LogP contribution in [0.15, 0.2) is 60.7 Å². The number of fused-ring (bicyclic) bond motifs is 1. The summed E-state index contributed by atoms with van der Waals surface area (Å²) in [5, 5.41) is 21.9. The monoisotopic (exact) mass is 474 g/mol. The van der Waals surface area contributed by atoms with E-state index in [-0.39, 0.29) is 34.8 Å². The number of carbonyl (C=O) groups excluding carboxylic acids is 1. The zero-order valence-electron chi connectivity index (χ0n) is 16.6. The number of amides is 1. The van der Waals surface area contributed by atoms with Crippen LogP contribution in [0.5, 0.6) is 0 Å². The third-order valence-electron chi connectivity index (χ3n) is 5.71. The maximum Gasteiger partial charge on any atom is 0.269 e. The van der Waals surface area contributed by atoms with Crippen molar-refractivity contribution in [2.45, 2.75) is 18.5 Å². The van der Waals surface area contributed by atoms with Crippen LogP contribution in [0.1, 0.15) is 27.0 Å². The Morgan fingerprint density at radius 1 is 1.00 bits per heavy atom. The van der Waals surface area contributed by atoms with E-state index in [1.807, 2.05) is 0 Å². The Bertz CT molecular complexity index is 1200. The van der Waals surface area contributed by atoms with Crippen molar-refractivity contribution < 1.29 is 19.2 Å². The van der Waals surface area contributed by atoms with Gasteiger partial charge in [0.25, 0.3) is 11.6 Å². The van der Waals surface area contributed by atoms with Gasteiger partial charge in [-0.05, 0) is 35.4 Å². The minimum Gasteiger partial charge on any atom is -0.394 e. The molecule has 3 aromatic rings. The molecule has 1 N–H and O–H groups in total. The van der Waals surface area contributed by atoms with Gasteiger partial charge in [0.05, 0.1) is 22.1 Å². The van der Waals surface area contributed by atoms with Crippen LogP contribution < -0.4 is 0 Å². The molecule has 0 saturated carbocycles. The summed E-state index contributed by atoms with van der Waals surface area (Å²) in [6, 6.07) is 15.2. The maximum absolute atomic E-state index is 14.4. The lowest BCUT2D eigenvalue weighted by atomic mass is 9.83. The summed E-state index contributed by atoms with van der Waals surface area (Å²) in [4.78, 5) is 25.2. The number of hydrogen-bond donors (Lipinski definition) is 1. The molecule has 0 spiro atoms. The number of nitrogens with zero attached hydrogens (tertiary/aromatic N) is 2. The molecule has 1 aliphatic heterocycles. The quantitative estimate of drug-likeness (QED) is 0.396. The van der Waals surface area contributed by atoms with Crippen molar-refractivity contribution in [2.75, 3.05) is 6.61 Å². The van der Waals surface area contributed by atoms with Gasteiger partial charge in [-0.25, -0.2) is 4.39 Å². The Hall–Kier alpha value is -3.00. The van der Waals surface area contributed by atoms with Gasteiger partial charge < -0.3 is 10.0 Å². The van der Waals surface area contributed by atoms with E-state index in [9.17, 15) is 24.4 Å². The molecular formula is C23H17Cl2FN2O4. The Morgan fingerprint density at radius 2 is 1.62 bits per heavy atom. The molecule has 0 bridgehead atoms. The Balaban J connectivity index is 1.82. The van der Waals surface area contributed by atoms with Crippen LogP contribution in [0.25, 0.3) is 0 Å². The first-order chi connectivity index (χ1) is 15.3. The topological polar surface area (TPSA) is 83.7 Å². The first kappa shape index (κ1) is 22.2. The fourth-order valence-corrected chi connectivity index (χ4v) is 4.60. The molecule has 1 heterocycles. The molecule has 1 aliphatic rings. The highest BCUT2D eigenvalue weighted by Gasteiger charge is 2.51. The lowest BCUT2D eigenvalue weighted by molar-refractivity contribution is -0.384. The van der Waals surface area contributed by atoms with Gasteiger partial charge in [-0.3, -0.25) is 14.9 Å². The fraction of sp³-hybridized carbons (Fsp3) is 0.174. The summed E-state index contributed by atoms with van der Waals surface area (Å²) in [5.74, 6) is -1.10. The summed E-state index contributed by atoms with van der Waals surface area (Å²) < 4.78 is 14.4. The number of halogens is 3. The van der Waals surface area contributed by atoms with Gasteiger partial charge in [-0.1, -0.05) is 47.5 Å². The lowest BCUT2D eigenvalue weighted by Crippen LogP contribution is -2.48. The summed E-state index contributed by atoms with van der Waals surface area (Å²) in [5.41, 5.74) is 0.399. The largest absolute Gasteiger partial charge is 0.394 e. The van der Waals surface area contributed by atoms with Crippen LogP contribution >= 0.6 is 23.2 Å². The van der Waals surface area contributed by atoms with Crippen molar-refractivity contribution in [3.05, 3.63) is 109 Å². The van der Waals surface area contributed by atoms with Gasteiger partial charge in [-0.15, -0.1) is 0 Å². The number of rotatable bonds is 6. The maximum atomic E-state index is 14.4. The molecular weight excluding hydrogens is 458 g/mol. The van der Waals surface area contributed by atoms with E-state index in [4.69, 9.17) is 23.2 Å².